The van der Waals surface area contributed by atoms with Gasteiger partial charge in [-0.15, -0.1) is 0 Å². The molecule has 2 N–H and O–H groups in total. The van der Waals surface area contributed by atoms with Crippen molar-refractivity contribution in [2.75, 3.05) is 33.8 Å². The summed E-state index contributed by atoms with van der Waals surface area (Å²) >= 11 is 0. The minimum atomic E-state index is -0.178. The second-order valence-corrected chi connectivity index (χ2v) is 4.81. The van der Waals surface area contributed by atoms with Crippen molar-refractivity contribution in [3.8, 4) is 11.8 Å². The lowest BCUT2D eigenvalue weighted by Gasteiger charge is -2.09. The lowest BCUT2D eigenvalue weighted by atomic mass is 10.1. The molecule has 4 heteroatoms. The molecular weight excluding hydrogens is 252 g/mol. The van der Waals surface area contributed by atoms with E-state index in [0.717, 1.165) is 24.9 Å². The first-order valence-electron chi connectivity index (χ1n) is 6.76. The number of nitrogens with zero attached hydrogens (tertiary/aromatic N) is 1. The van der Waals surface area contributed by atoms with Crippen molar-refractivity contribution in [3.63, 3.8) is 0 Å². The summed E-state index contributed by atoms with van der Waals surface area (Å²) in [5.74, 6) is 5.28. The Morgan fingerprint density at radius 2 is 2.15 bits per heavy atom. The zero-order chi connectivity index (χ0) is 14.8. The monoisotopic (exact) mass is 274 g/mol. The number of hydrogen-bond donors (Lipinski definition) is 2. The van der Waals surface area contributed by atoms with Gasteiger partial charge in [0.2, 0.25) is 0 Å². The normalized spacial score (nSPS) is 10.0. The SMILES string of the molecule is CN(C)CCCCNC(=O)c1cccc(C#CCO)c1. The number of aliphatic hydroxyl groups excluding tert-OH is 1. The first kappa shape index (κ1) is 16.2. The van der Waals surface area contributed by atoms with Crippen LogP contribution in [-0.2, 0) is 0 Å². The van der Waals surface area contributed by atoms with Crippen LogP contribution in [0.15, 0.2) is 24.3 Å². The number of nitrogens with one attached hydrogen (secondary N) is 1. The van der Waals surface area contributed by atoms with E-state index in [1.165, 1.54) is 0 Å². The van der Waals surface area contributed by atoms with Crippen LogP contribution in [0.4, 0.5) is 0 Å². The number of hydrogen-bond acceptors (Lipinski definition) is 3. The van der Waals surface area contributed by atoms with Gasteiger partial charge in [0.15, 0.2) is 0 Å². The van der Waals surface area contributed by atoms with Gasteiger partial charge in [0.1, 0.15) is 6.61 Å². The van der Waals surface area contributed by atoms with Crippen molar-refractivity contribution in [1.29, 1.82) is 0 Å². The lowest BCUT2D eigenvalue weighted by Crippen LogP contribution is -2.25. The summed E-state index contributed by atoms with van der Waals surface area (Å²) in [4.78, 5) is 14.1. The molecule has 0 spiro atoms. The topological polar surface area (TPSA) is 52.6 Å². The maximum atomic E-state index is 11.9. The Labute approximate surface area is 120 Å². The third-order valence-electron chi connectivity index (χ3n) is 2.75. The van der Waals surface area contributed by atoms with Gasteiger partial charge in [-0.2, -0.15) is 0 Å². The van der Waals surface area contributed by atoms with E-state index in [9.17, 15) is 4.79 Å². The maximum Gasteiger partial charge on any atom is 0.251 e. The van der Waals surface area contributed by atoms with Gasteiger partial charge in [-0.05, 0) is 51.7 Å². The molecule has 1 amide bonds. The van der Waals surface area contributed by atoms with Crippen LogP contribution in [0.3, 0.4) is 0 Å². The molecule has 0 saturated carbocycles. The van der Waals surface area contributed by atoms with Gasteiger partial charge in [0, 0.05) is 17.7 Å². The summed E-state index contributed by atoms with van der Waals surface area (Å²) in [7, 11) is 4.08. The van der Waals surface area contributed by atoms with Crippen LogP contribution in [-0.4, -0.2) is 49.7 Å². The quantitative estimate of drug-likeness (QED) is 0.603. The number of unbranched alkanes of at least 4 members (excludes halogenated alkanes) is 1. The number of benzene rings is 1. The van der Waals surface area contributed by atoms with Gasteiger partial charge in [0.05, 0.1) is 0 Å². The Morgan fingerprint density at radius 3 is 2.85 bits per heavy atom. The van der Waals surface area contributed by atoms with Crippen LogP contribution >= 0.6 is 0 Å². The standard InChI is InChI=1S/C16H22N2O2/c1-18(2)11-4-3-10-17-16(20)15-9-5-7-14(13-15)8-6-12-19/h5,7,9,13,19H,3-4,10-12H2,1-2H3,(H,17,20). The van der Waals surface area contributed by atoms with Crippen LogP contribution in [0.25, 0.3) is 0 Å². The molecular formula is C16H22N2O2. The zero-order valence-corrected chi connectivity index (χ0v) is 12.1. The van der Waals surface area contributed by atoms with E-state index in [1.807, 2.05) is 20.2 Å². The molecule has 4 nitrogen and oxygen atoms in total. The Kier molecular flexibility index (Phi) is 7.41. The molecule has 1 aromatic carbocycles. The highest BCUT2D eigenvalue weighted by Crippen LogP contribution is 2.04. The molecule has 0 aliphatic heterocycles. The molecule has 0 aliphatic carbocycles. The largest absolute Gasteiger partial charge is 0.384 e. The first-order valence-corrected chi connectivity index (χ1v) is 6.76. The highest BCUT2D eigenvalue weighted by molar-refractivity contribution is 5.94. The van der Waals surface area contributed by atoms with Crippen LogP contribution in [0, 0.1) is 11.8 Å². The van der Waals surface area contributed by atoms with Crippen LogP contribution in [0.2, 0.25) is 0 Å². The summed E-state index contributed by atoms with van der Waals surface area (Å²) in [5.41, 5.74) is 1.33. The summed E-state index contributed by atoms with van der Waals surface area (Å²) in [6, 6.07) is 7.11. The van der Waals surface area contributed by atoms with Crippen LogP contribution in [0.5, 0.6) is 0 Å². The second kappa shape index (κ2) is 9.13. The molecule has 20 heavy (non-hydrogen) atoms. The average molecular weight is 274 g/mol. The Balaban J connectivity index is 2.43. The van der Waals surface area contributed by atoms with E-state index < -0.39 is 0 Å². The Bertz CT molecular complexity index is 487. The molecule has 0 bridgehead atoms. The minimum absolute atomic E-state index is 0.0810. The van der Waals surface area contributed by atoms with E-state index in [0.29, 0.717) is 12.1 Å². The molecule has 0 aliphatic rings. The van der Waals surface area contributed by atoms with Crippen molar-refractivity contribution in [2.24, 2.45) is 0 Å². The highest BCUT2D eigenvalue weighted by atomic mass is 16.2. The predicted molar refractivity (Wildman–Crippen MR) is 80.5 cm³/mol. The third kappa shape index (κ3) is 6.37. The second-order valence-electron chi connectivity index (χ2n) is 4.81. The van der Waals surface area contributed by atoms with Gasteiger partial charge >= 0.3 is 0 Å². The van der Waals surface area contributed by atoms with Gasteiger partial charge in [-0.25, -0.2) is 0 Å². The Hall–Kier alpha value is -1.83. The molecule has 0 atom stereocenters. The third-order valence-corrected chi connectivity index (χ3v) is 2.75. The molecule has 0 heterocycles. The zero-order valence-electron chi connectivity index (χ0n) is 12.1. The fourth-order valence-electron chi connectivity index (χ4n) is 1.74. The number of aliphatic hydroxyl groups is 1. The van der Waals surface area contributed by atoms with Crippen molar-refractivity contribution in [1.82, 2.24) is 10.2 Å². The number of amides is 1. The van der Waals surface area contributed by atoms with Crippen molar-refractivity contribution < 1.29 is 9.90 Å². The summed E-state index contributed by atoms with van der Waals surface area (Å²) in [6.07, 6.45) is 2.03. The summed E-state index contributed by atoms with van der Waals surface area (Å²) in [5, 5.41) is 11.6. The molecule has 1 aromatic rings. The predicted octanol–water partition coefficient (Wildman–Crippen LogP) is 1.10. The minimum Gasteiger partial charge on any atom is -0.384 e. The van der Waals surface area contributed by atoms with Gasteiger partial charge in [-0.3, -0.25) is 4.79 Å². The fourth-order valence-corrected chi connectivity index (χ4v) is 1.74. The number of carbonyl (C=O) groups is 1. The molecule has 1 rings (SSSR count). The van der Waals surface area contributed by atoms with Crippen molar-refractivity contribution >= 4 is 5.91 Å². The fraction of sp³-hybridized carbons (Fsp3) is 0.438. The molecule has 0 unspecified atom stereocenters. The molecule has 108 valence electrons. The van der Waals surface area contributed by atoms with E-state index in [-0.39, 0.29) is 12.5 Å². The Morgan fingerprint density at radius 1 is 1.35 bits per heavy atom. The maximum absolute atomic E-state index is 11.9. The molecule has 0 aromatic heterocycles. The van der Waals surface area contributed by atoms with Crippen molar-refractivity contribution in [2.45, 2.75) is 12.8 Å². The number of rotatable bonds is 6. The van der Waals surface area contributed by atoms with Crippen LogP contribution in [0.1, 0.15) is 28.8 Å². The molecule has 0 fully saturated rings. The molecule has 0 radical (unpaired) electrons. The molecule has 0 saturated heterocycles. The smallest absolute Gasteiger partial charge is 0.251 e. The summed E-state index contributed by atoms with van der Waals surface area (Å²) < 4.78 is 0. The number of carbonyl (C=O) groups excluding carboxylic acids is 1. The van der Waals surface area contributed by atoms with E-state index in [4.69, 9.17) is 5.11 Å². The highest BCUT2D eigenvalue weighted by Gasteiger charge is 2.04. The summed E-state index contributed by atoms with van der Waals surface area (Å²) in [6.45, 7) is 1.53. The first-order chi connectivity index (χ1) is 9.63. The lowest BCUT2D eigenvalue weighted by molar-refractivity contribution is 0.0952. The van der Waals surface area contributed by atoms with E-state index in [2.05, 4.69) is 22.1 Å². The van der Waals surface area contributed by atoms with Crippen LogP contribution < -0.4 is 5.32 Å². The van der Waals surface area contributed by atoms with Gasteiger partial charge in [-0.1, -0.05) is 17.9 Å². The average Bonchev–Trinajstić information content (AvgIpc) is 2.44. The van der Waals surface area contributed by atoms with Gasteiger partial charge in [0.25, 0.3) is 5.91 Å². The van der Waals surface area contributed by atoms with E-state index in [1.54, 1.807) is 18.2 Å². The van der Waals surface area contributed by atoms with Gasteiger partial charge < -0.3 is 15.3 Å². The van der Waals surface area contributed by atoms with E-state index >= 15 is 0 Å². The van der Waals surface area contributed by atoms with Crippen molar-refractivity contribution in [3.05, 3.63) is 35.4 Å².